The summed E-state index contributed by atoms with van der Waals surface area (Å²) >= 11 is 0. The van der Waals surface area contributed by atoms with Crippen LogP contribution >= 0.6 is 0 Å². The van der Waals surface area contributed by atoms with Crippen molar-refractivity contribution in [2.24, 2.45) is 0 Å². The average Bonchev–Trinajstić information content (AvgIpc) is 3.37. The number of ether oxygens (including phenoxy) is 2. The van der Waals surface area contributed by atoms with Crippen molar-refractivity contribution in [3.63, 3.8) is 0 Å². The summed E-state index contributed by atoms with van der Waals surface area (Å²) in [7, 11) is 0. The van der Waals surface area contributed by atoms with Gasteiger partial charge in [-0.1, -0.05) is 72.8 Å². The molecular weight excluding hydrogens is 470 g/mol. The Morgan fingerprint density at radius 3 is 2.43 bits per heavy atom. The van der Waals surface area contributed by atoms with Crippen molar-refractivity contribution in [2.75, 3.05) is 5.32 Å². The Morgan fingerprint density at radius 2 is 1.68 bits per heavy atom. The lowest BCUT2D eigenvalue weighted by molar-refractivity contribution is -0.384. The predicted octanol–water partition coefficient (Wildman–Crippen LogP) is 5.93. The molecule has 5 aromatic rings. The zero-order valence-electron chi connectivity index (χ0n) is 19.5. The summed E-state index contributed by atoms with van der Waals surface area (Å²) in [5, 5.41) is 15.4. The third kappa shape index (κ3) is 3.75. The average molecular weight is 492 g/mol. The van der Waals surface area contributed by atoms with Gasteiger partial charge in [0.15, 0.2) is 11.3 Å². The molecule has 0 bridgehead atoms. The summed E-state index contributed by atoms with van der Waals surface area (Å²) in [6, 6.07) is 29.0. The number of aromatic amines is 1. The number of para-hydroxylation sites is 1. The van der Waals surface area contributed by atoms with E-state index in [0.717, 1.165) is 16.5 Å². The van der Waals surface area contributed by atoms with Gasteiger partial charge in [-0.3, -0.25) is 10.1 Å². The van der Waals surface area contributed by atoms with E-state index in [0.29, 0.717) is 29.2 Å². The standard InChI is InChI=1S/C29H21N3O5/c33-28-29(20-10-5-2-6-11-20,31-24-15-14-21(32(34)35)16-26(24)37-28)23-17-30-27-22(23)12-7-13-25(27)36-18-19-8-3-1-4-9-19/h1-17,30-31H,18H2/t29-/m1/s1. The largest absolute Gasteiger partial charge is 0.487 e. The van der Waals surface area contributed by atoms with Gasteiger partial charge in [-0.25, -0.2) is 4.79 Å². The first-order valence-corrected chi connectivity index (χ1v) is 11.7. The van der Waals surface area contributed by atoms with Crippen LogP contribution in [0.3, 0.4) is 0 Å². The summed E-state index contributed by atoms with van der Waals surface area (Å²) in [5.74, 6) is 0.164. The number of rotatable bonds is 6. The van der Waals surface area contributed by atoms with Crippen molar-refractivity contribution >= 4 is 28.2 Å². The van der Waals surface area contributed by atoms with Gasteiger partial charge in [-0.2, -0.15) is 0 Å². The number of esters is 1. The quantitative estimate of drug-likeness (QED) is 0.132. The van der Waals surface area contributed by atoms with Crippen molar-refractivity contribution in [3.8, 4) is 11.5 Å². The summed E-state index contributed by atoms with van der Waals surface area (Å²) in [5.41, 5.74) is 2.00. The minimum atomic E-state index is -1.40. The summed E-state index contributed by atoms with van der Waals surface area (Å²) < 4.78 is 11.9. The van der Waals surface area contributed by atoms with E-state index < -0.39 is 16.4 Å². The highest BCUT2D eigenvalue weighted by molar-refractivity contribution is 6.02. The second-order valence-corrected chi connectivity index (χ2v) is 8.72. The van der Waals surface area contributed by atoms with Crippen molar-refractivity contribution in [2.45, 2.75) is 12.1 Å². The minimum absolute atomic E-state index is 0.109. The Morgan fingerprint density at radius 1 is 0.919 bits per heavy atom. The van der Waals surface area contributed by atoms with Crippen LogP contribution < -0.4 is 14.8 Å². The maximum absolute atomic E-state index is 13.8. The smallest absolute Gasteiger partial charge is 0.346 e. The highest BCUT2D eigenvalue weighted by Crippen LogP contribution is 2.46. The number of nitro benzene ring substituents is 1. The lowest BCUT2D eigenvalue weighted by Crippen LogP contribution is -2.49. The van der Waals surface area contributed by atoms with Gasteiger partial charge in [-0.05, 0) is 23.3 Å². The number of hydrogen-bond donors (Lipinski definition) is 2. The molecule has 182 valence electrons. The van der Waals surface area contributed by atoms with E-state index in [1.54, 1.807) is 12.3 Å². The molecule has 2 N–H and O–H groups in total. The zero-order valence-corrected chi connectivity index (χ0v) is 19.5. The summed E-state index contributed by atoms with van der Waals surface area (Å²) in [6.45, 7) is 0.393. The van der Waals surface area contributed by atoms with Gasteiger partial charge in [-0.15, -0.1) is 0 Å². The zero-order chi connectivity index (χ0) is 25.4. The number of fused-ring (bicyclic) bond motifs is 2. The van der Waals surface area contributed by atoms with Crippen LogP contribution in [0.25, 0.3) is 10.9 Å². The topological polar surface area (TPSA) is 106 Å². The Balaban J connectivity index is 1.47. The number of benzene rings is 4. The number of nitrogens with one attached hydrogen (secondary N) is 2. The molecular formula is C29H21N3O5. The van der Waals surface area contributed by atoms with E-state index in [1.165, 1.54) is 12.1 Å². The van der Waals surface area contributed by atoms with Crippen molar-refractivity contribution in [1.82, 2.24) is 4.98 Å². The molecule has 8 nitrogen and oxygen atoms in total. The van der Waals surface area contributed by atoms with Crippen LogP contribution in [0.1, 0.15) is 16.7 Å². The lowest BCUT2D eigenvalue weighted by atomic mass is 9.81. The normalized spacial score (nSPS) is 16.5. The van der Waals surface area contributed by atoms with Gasteiger partial charge in [0.25, 0.3) is 5.69 Å². The van der Waals surface area contributed by atoms with Crippen molar-refractivity contribution in [3.05, 3.63) is 130 Å². The molecule has 1 atom stereocenters. The van der Waals surface area contributed by atoms with Crippen LogP contribution in [-0.2, 0) is 16.9 Å². The second-order valence-electron chi connectivity index (χ2n) is 8.72. The second kappa shape index (κ2) is 8.83. The monoisotopic (exact) mass is 491 g/mol. The van der Waals surface area contributed by atoms with E-state index in [9.17, 15) is 14.9 Å². The molecule has 0 fully saturated rings. The summed E-state index contributed by atoms with van der Waals surface area (Å²) in [6.07, 6.45) is 1.78. The Kier molecular flexibility index (Phi) is 5.34. The van der Waals surface area contributed by atoms with Gasteiger partial charge < -0.3 is 19.8 Å². The van der Waals surface area contributed by atoms with Crippen molar-refractivity contribution < 1.29 is 19.2 Å². The molecule has 2 heterocycles. The molecule has 4 aromatic carbocycles. The van der Waals surface area contributed by atoms with Crippen LogP contribution in [-0.4, -0.2) is 15.9 Å². The van der Waals surface area contributed by atoms with E-state index >= 15 is 0 Å². The Labute approximate surface area is 211 Å². The molecule has 0 amide bonds. The van der Waals surface area contributed by atoms with Gasteiger partial charge >= 0.3 is 5.97 Å². The van der Waals surface area contributed by atoms with E-state index in [-0.39, 0.29) is 11.4 Å². The van der Waals surface area contributed by atoms with Crippen molar-refractivity contribution in [1.29, 1.82) is 0 Å². The third-order valence-electron chi connectivity index (χ3n) is 6.53. The molecule has 37 heavy (non-hydrogen) atoms. The lowest BCUT2D eigenvalue weighted by Gasteiger charge is -2.37. The highest BCUT2D eigenvalue weighted by atomic mass is 16.6. The molecule has 0 unspecified atom stereocenters. The molecule has 0 saturated heterocycles. The molecule has 0 spiro atoms. The maximum atomic E-state index is 13.8. The molecule has 8 heteroatoms. The number of nitro groups is 1. The highest BCUT2D eigenvalue weighted by Gasteiger charge is 2.49. The first-order valence-electron chi connectivity index (χ1n) is 11.7. The number of non-ortho nitro benzene ring substituents is 1. The summed E-state index contributed by atoms with van der Waals surface area (Å²) in [4.78, 5) is 27.8. The van der Waals surface area contributed by atoms with Gasteiger partial charge in [0.2, 0.25) is 0 Å². The number of carbonyl (C=O) groups excluding carboxylic acids is 1. The van der Waals surface area contributed by atoms with Gasteiger partial charge in [0.1, 0.15) is 12.4 Å². The Bertz CT molecular complexity index is 1630. The van der Waals surface area contributed by atoms with E-state index in [4.69, 9.17) is 9.47 Å². The fourth-order valence-electron chi connectivity index (χ4n) is 4.75. The predicted molar refractivity (Wildman–Crippen MR) is 139 cm³/mol. The number of H-pyrrole nitrogens is 1. The maximum Gasteiger partial charge on any atom is 0.346 e. The SMILES string of the molecule is O=C1Oc2cc([N+](=O)[O-])ccc2N[C@]1(c1ccccc1)c1c[nH]c2c(OCc3ccccc3)cccc12. The van der Waals surface area contributed by atoms with E-state index in [2.05, 4.69) is 10.3 Å². The number of nitrogens with zero attached hydrogens (tertiary/aromatic N) is 1. The molecule has 0 saturated carbocycles. The molecule has 1 aromatic heterocycles. The number of hydrogen-bond acceptors (Lipinski definition) is 6. The van der Waals surface area contributed by atoms with Gasteiger partial charge in [0.05, 0.1) is 22.2 Å². The first kappa shape index (κ1) is 22.4. The first-order chi connectivity index (χ1) is 18.1. The van der Waals surface area contributed by atoms with Crippen LogP contribution in [0.15, 0.2) is 103 Å². The van der Waals surface area contributed by atoms with Crippen LogP contribution in [0, 0.1) is 10.1 Å². The Hall–Kier alpha value is -5.11. The fraction of sp³-hybridized carbons (Fsp3) is 0.0690. The van der Waals surface area contributed by atoms with Crippen LogP contribution in [0.5, 0.6) is 11.5 Å². The van der Waals surface area contributed by atoms with Gasteiger partial charge in [0, 0.05) is 23.2 Å². The fourth-order valence-corrected chi connectivity index (χ4v) is 4.75. The third-order valence-corrected chi connectivity index (χ3v) is 6.53. The number of aromatic nitrogens is 1. The number of anilines is 1. The molecule has 0 radical (unpaired) electrons. The van der Waals surface area contributed by atoms with E-state index in [1.807, 2.05) is 78.9 Å². The number of carbonyl (C=O) groups is 1. The van der Waals surface area contributed by atoms with Crippen LogP contribution in [0.4, 0.5) is 11.4 Å². The van der Waals surface area contributed by atoms with Crippen LogP contribution in [0.2, 0.25) is 0 Å². The molecule has 6 rings (SSSR count). The minimum Gasteiger partial charge on any atom is -0.487 e. The molecule has 0 aliphatic carbocycles. The molecule has 1 aliphatic rings. The molecule has 1 aliphatic heterocycles.